The van der Waals surface area contributed by atoms with Gasteiger partial charge in [-0.2, -0.15) is 0 Å². The average molecular weight is 543 g/mol. The molecule has 38 heavy (non-hydrogen) atoms. The number of benzene rings is 4. The van der Waals surface area contributed by atoms with Crippen LogP contribution in [0.4, 0.5) is 5.69 Å². The van der Waals surface area contributed by atoms with E-state index < -0.39 is 0 Å². The molecule has 190 valence electrons. The Labute approximate surface area is 229 Å². The van der Waals surface area contributed by atoms with Crippen LogP contribution in [-0.2, 0) is 4.79 Å². The number of carbonyl (C=O) groups excluding carboxylic acids is 1. The number of halogens is 1. The summed E-state index contributed by atoms with van der Waals surface area (Å²) in [5.41, 5.74) is 2.34. The Kier molecular flexibility index (Phi) is 7.92. The molecule has 0 aliphatic carbocycles. The number of rotatable bonds is 9. The summed E-state index contributed by atoms with van der Waals surface area (Å²) in [6.07, 6.45) is 0. The normalized spacial score (nSPS) is 10.7. The molecule has 7 nitrogen and oxygen atoms in total. The zero-order valence-corrected chi connectivity index (χ0v) is 21.9. The quantitative estimate of drug-likeness (QED) is 0.200. The van der Waals surface area contributed by atoms with Gasteiger partial charge in [-0.25, -0.2) is 0 Å². The Hall–Kier alpha value is -4.27. The second-order valence-corrected chi connectivity index (χ2v) is 9.51. The van der Waals surface area contributed by atoms with Gasteiger partial charge in [0.25, 0.3) is 0 Å². The van der Waals surface area contributed by atoms with E-state index in [1.165, 1.54) is 11.8 Å². The number of nitrogens with one attached hydrogen (secondary N) is 1. The molecule has 0 saturated heterocycles. The van der Waals surface area contributed by atoms with Crippen LogP contribution in [-0.4, -0.2) is 33.5 Å². The lowest BCUT2D eigenvalue weighted by Crippen LogP contribution is -2.14. The number of hydrogen-bond acceptors (Lipinski definition) is 6. The number of methoxy groups -OCH3 is 1. The molecule has 9 heteroatoms. The lowest BCUT2D eigenvalue weighted by atomic mass is 10.2. The van der Waals surface area contributed by atoms with Crippen molar-refractivity contribution in [2.45, 2.75) is 5.16 Å². The smallest absolute Gasteiger partial charge is 0.234 e. The van der Waals surface area contributed by atoms with E-state index in [-0.39, 0.29) is 11.7 Å². The zero-order valence-electron chi connectivity index (χ0n) is 20.4. The van der Waals surface area contributed by atoms with Crippen LogP contribution in [0, 0.1) is 0 Å². The number of thioether (sulfide) groups is 1. The first-order valence-corrected chi connectivity index (χ1v) is 13.1. The molecular weight excluding hydrogens is 520 g/mol. The number of carbonyl (C=O) groups is 1. The van der Waals surface area contributed by atoms with Crippen LogP contribution in [0.15, 0.2) is 108 Å². The number of nitrogens with zero attached hydrogens (tertiary/aromatic N) is 3. The minimum absolute atomic E-state index is 0.145. The second kappa shape index (κ2) is 11.9. The van der Waals surface area contributed by atoms with Crippen molar-refractivity contribution < 1.29 is 14.3 Å². The molecule has 0 unspecified atom stereocenters. The summed E-state index contributed by atoms with van der Waals surface area (Å²) in [4.78, 5) is 12.8. The standard InChI is InChI=1S/C29H23ClN4O3S/c1-36-26-9-5-6-20(18-26)28-32-33-29(34(28)23-14-10-21(30)11-15-23)38-19-27(35)31-22-12-16-25(17-13-22)37-24-7-3-2-4-8-24/h2-18H,19H2,1H3,(H,31,35). The van der Waals surface area contributed by atoms with Crippen molar-refractivity contribution >= 4 is 35.0 Å². The molecule has 1 heterocycles. The fraction of sp³-hybridized carbons (Fsp3) is 0.0690. The maximum Gasteiger partial charge on any atom is 0.234 e. The van der Waals surface area contributed by atoms with E-state index in [0.29, 0.717) is 33.2 Å². The van der Waals surface area contributed by atoms with Crippen molar-refractivity contribution in [2.24, 2.45) is 0 Å². The molecule has 0 aliphatic rings. The molecule has 5 rings (SSSR count). The topological polar surface area (TPSA) is 78.3 Å². The largest absolute Gasteiger partial charge is 0.497 e. The van der Waals surface area contributed by atoms with E-state index in [0.717, 1.165) is 17.0 Å². The van der Waals surface area contributed by atoms with Crippen molar-refractivity contribution in [3.05, 3.63) is 108 Å². The first-order valence-electron chi connectivity index (χ1n) is 11.7. The SMILES string of the molecule is COc1cccc(-c2nnc(SCC(=O)Nc3ccc(Oc4ccccc4)cc3)n2-c2ccc(Cl)cc2)c1. The summed E-state index contributed by atoms with van der Waals surface area (Å²) in [6.45, 7) is 0. The van der Waals surface area contributed by atoms with Crippen LogP contribution in [0.1, 0.15) is 0 Å². The van der Waals surface area contributed by atoms with Gasteiger partial charge in [-0.3, -0.25) is 9.36 Å². The fourth-order valence-electron chi connectivity index (χ4n) is 3.69. The van der Waals surface area contributed by atoms with Gasteiger partial charge in [0.05, 0.1) is 12.9 Å². The highest BCUT2D eigenvalue weighted by molar-refractivity contribution is 7.99. The molecule has 0 aliphatic heterocycles. The van der Waals surface area contributed by atoms with Crippen molar-refractivity contribution in [1.82, 2.24) is 14.8 Å². The molecule has 0 fully saturated rings. The number of aromatic nitrogens is 3. The van der Waals surface area contributed by atoms with Crippen LogP contribution in [0.5, 0.6) is 17.2 Å². The van der Waals surface area contributed by atoms with Crippen LogP contribution >= 0.6 is 23.4 Å². The van der Waals surface area contributed by atoms with Crippen LogP contribution in [0.2, 0.25) is 5.02 Å². The van der Waals surface area contributed by atoms with E-state index in [9.17, 15) is 4.79 Å². The maximum atomic E-state index is 12.8. The lowest BCUT2D eigenvalue weighted by molar-refractivity contribution is -0.113. The lowest BCUT2D eigenvalue weighted by Gasteiger charge is -2.11. The first kappa shape index (κ1) is 25.4. The predicted octanol–water partition coefficient (Wildman–Crippen LogP) is 7.12. The Morgan fingerprint density at radius 2 is 1.58 bits per heavy atom. The minimum atomic E-state index is -0.166. The zero-order chi connectivity index (χ0) is 26.3. The summed E-state index contributed by atoms with van der Waals surface area (Å²) in [5.74, 6) is 2.75. The van der Waals surface area contributed by atoms with Gasteiger partial charge in [0.1, 0.15) is 17.2 Å². The predicted molar refractivity (Wildman–Crippen MR) is 151 cm³/mol. The third-order valence-corrected chi connectivity index (χ3v) is 6.68. The van der Waals surface area contributed by atoms with Crippen molar-refractivity contribution in [3.63, 3.8) is 0 Å². The molecule has 4 aromatic carbocycles. The molecule has 0 bridgehead atoms. The minimum Gasteiger partial charge on any atom is -0.497 e. The highest BCUT2D eigenvalue weighted by atomic mass is 35.5. The van der Waals surface area contributed by atoms with Gasteiger partial charge < -0.3 is 14.8 Å². The molecule has 1 aromatic heterocycles. The van der Waals surface area contributed by atoms with E-state index in [4.69, 9.17) is 21.1 Å². The van der Waals surface area contributed by atoms with E-state index in [2.05, 4.69) is 15.5 Å². The molecule has 0 spiro atoms. The number of hydrogen-bond donors (Lipinski definition) is 1. The molecule has 0 atom stereocenters. The maximum absolute atomic E-state index is 12.8. The van der Waals surface area contributed by atoms with Crippen molar-refractivity contribution in [3.8, 4) is 34.3 Å². The summed E-state index contributed by atoms with van der Waals surface area (Å²) in [7, 11) is 1.62. The highest BCUT2D eigenvalue weighted by Gasteiger charge is 2.18. The van der Waals surface area contributed by atoms with Gasteiger partial charge in [-0.15, -0.1) is 10.2 Å². The Morgan fingerprint density at radius 1 is 0.868 bits per heavy atom. The molecule has 0 radical (unpaired) electrons. The Bertz CT molecular complexity index is 1520. The summed E-state index contributed by atoms with van der Waals surface area (Å²) in [6, 6.07) is 31.7. The van der Waals surface area contributed by atoms with Crippen LogP contribution < -0.4 is 14.8 Å². The third-order valence-electron chi connectivity index (χ3n) is 5.50. The van der Waals surface area contributed by atoms with Crippen molar-refractivity contribution in [1.29, 1.82) is 0 Å². The summed E-state index contributed by atoms with van der Waals surface area (Å²) >= 11 is 7.41. The number of amides is 1. The first-order chi connectivity index (χ1) is 18.6. The average Bonchev–Trinajstić information content (AvgIpc) is 3.38. The van der Waals surface area contributed by atoms with E-state index in [1.807, 2.05) is 83.4 Å². The van der Waals surface area contributed by atoms with E-state index in [1.54, 1.807) is 31.4 Å². The number of ether oxygens (including phenoxy) is 2. The van der Waals surface area contributed by atoms with Crippen LogP contribution in [0.25, 0.3) is 17.1 Å². The van der Waals surface area contributed by atoms with Gasteiger partial charge in [-0.1, -0.05) is 53.7 Å². The van der Waals surface area contributed by atoms with Gasteiger partial charge in [0, 0.05) is 22.0 Å². The highest BCUT2D eigenvalue weighted by Crippen LogP contribution is 2.30. The Balaban J connectivity index is 1.30. The summed E-state index contributed by atoms with van der Waals surface area (Å²) < 4.78 is 13.1. The van der Waals surface area contributed by atoms with Crippen LogP contribution in [0.3, 0.4) is 0 Å². The molecule has 5 aromatic rings. The molecular formula is C29H23ClN4O3S. The van der Waals surface area contributed by atoms with Crippen molar-refractivity contribution in [2.75, 3.05) is 18.2 Å². The molecule has 1 N–H and O–H groups in total. The monoisotopic (exact) mass is 542 g/mol. The Morgan fingerprint density at radius 3 is 2.32 bits per heavy atom. The number of para-hydroxylation sites is 1. The van der Waals surface area contributed by atoms with Gasteiger partial charge >= 0.3 is 0 Å². The van der Waals surface area contributed by atoms with Gasteiger partial charge in [0.2, 0.25) is 5.91 Å². The summed E-state index contributed by atoms with van der Waals surface area (Å²) in [5, 5.41) is 12.9. The van der Waals surface area contributed by atoms with Gasteiger partial charge in [-0.05, 0) is 72.8 Å². The molecule has 1 amide bonds. The number of anilines is 1. The second-order valence-electron chi connectivity index (χ2n) is 8.13. The van der Waals surface area contributed by atoms with Gasteiger partial charge in [0.15, 0.2) is 11.0 Å². The molecule has 0 saturated carbocycles. The fourth-order valence-corrected chi connectivity index (χ4v) is 4.57. The third kappa shape index (κ3) is 6.16. The van der Waals surface area contributed by atoms with E-state index >= 15 is 0 Å².